The molecule has 2 aromatic heterocycles. The fourth-order valence-electron chi connectivity index (χ4n) is 3.59. The maximum absolute atomic E-state index is 6.21. The zero-order valence-corrected chi connectivity index (χ0v) is 27.6. The minimum atomic E-state index is -0.374. The van der Waals surface area contributed by atoms with E-state index in [0.29, 0.717) is 48.3 Å². The summed E-state index contributed by atoms with van der Waals surface area (Å²) >= 11 is 0. The summed E-state index contributed by atoms with van der Waals surface area (Å²) in [5.74, 6) is 2.86. The summed E-state index contributed by atoms with van der Waals surface area (Å²) in [7, 11) is 0. The standard InChI is InChI=1S/C26H50N18/c1-11-15-28-12-29-18-36-20(40-22(38-18)43-25(5,6)7)32-14-33-21-37-19(39-23(41-21)44-26(8,9)10)31-13-30-17(34-15)35-16(27)42-24(2,3)4/h15,28H,11-14H2,1-10H3,(H4,27,30,34,35,42)(H3,29,32,36,38,40,43)(H3,31,33,37,39,41,44). The molecular weight excluding hydrogens is 564 g/mol. The SMILES string of the molecule is CCC1NCNc2nc(nc(NC(C)(C)C)n2)NCNc2nc(nc(NC(C)(C)C)n2)NCN=C(NC(N)=NC(C)(C)C)N1. The Labute approximate surface area is 259 Å². The first-order valence-electron chi connectivity index (χ1n) is 14.7. The highest BCUT2D eigenvalue weighted by atomic mass is 15.4. The molecule has 0 saturated carbocycles. The molecule has 0 amide bonds. The number of nitrogens with one attached hydrogen (secondary N) is 9. The average molecular weight is 615 g/mol. The van der Waals surface area contributed by atoms with Crippen LogP contribution in [0.15, 0.2) is 9.98 Å². The first kappa shape index (κ1) is 34.0. The van der Waals surface area contributed by atoms with Gasteiger partial charge in [0.1, 0.15) is 6.67 Å². The number of guanidine groups is 2. The van der Waals surface area contributed by atoms with E-state index < -0.39 is 0 Å². The van der Waals surface area contributed by atoms with Crippen molar-refractivity contribution in [2.24, 2.45) is 15.7 Å². The second-order valence-electron chi connectivity index (χ2n) is 13.2. The number of fused-ring (bicyclic) bond motifs is 4. The average Bonchev–Trinajstić information content (AvgIpc) is 2.84. The highest BCUT2D eigenvalue weighted by Gasteiger charge is 2.17. The van der Waals surface area contributed by atoms with Crippen LogP contribution in [0.3, 0.4) is 0 Å². The lowest BCUT2D eigenvalue weighted by Gasteiger charge is -2.23. The molecule has 1 unspecified atom stereocenters. The lowest BCUT2D eigenvalue weighted by Crippen LogP contribution is -2.54. The van der Waals surface area contributed by atoms with E-state index in [1.54, 1.807) is 0 Å². The Balaban J connectivity index is 1.97. The molecule has 18 nitrogen and oxygen atoms in total. The molecule has 11 N–H and O–H groups in total. The molecule has 1 atom stereocenters. The second-order valence-corrected chi connectivity index (χ2v) is 13.2. The van der Waals surface area contributed by atoms with Gasteiger partial charge in [-0.05, 0) is 68.7 Å². The minimum Gasteiger partial charge on any atom is -0.370 e. The predicted octanol–water partition coefficient (Wildman–Crippen LogP) is 1.69. The van der Waals surface area contributed by atoms with Crippen LogP contribution in [0.1, 0.15) is 75.7 Å². The molecule has 0 saturated heterocycles. The van der Waals surface area contributed by atoms with Crippen LogP contribution < -0.4 is 53.6 Å². The van der Waals surface area contributed by atoms with Crippen molar-refractivity contribution in [3.63, 3.8) is 0 Å². The molecular formula is C26H50N18. The van der Waals surface area contributed by atoms with Gasteiger partial charge in [-0.3, -0.25) is 10.6 Å². The first-order chi connectivity index (χ1) is 20.5. The van der Waals surface area contributed by atoms with Crippen LogP contribution in [0, 0.1) is 0 Å². The van der Waals surface area contributed by atoms with Gasteiger partial charge in [0, 0.05) is 11.1 Å². The van der Waals surface area contributed by atoms with Crippen molar-refractivity contribution in [2.75, 3.05) is 51.9 Å². The van der Waals surface area contributed by atoms with Crippen LogP contribution in [0.4, 0.5) is 35.7 Å². The summed E-state index contributed by atoms with van der Waals surface area (Å²) in [4.78, 5) is 36.3. The van der Waals surface area contributed by atoms with Gasteiger partial charge in [0.15, 0.2) is 5.96 Å². The van der Waals surface area contributed by atoms with Crippen LogP contribution in [-0.4, -0.2) is 84.6 Å². The number of rotatable bonds is 3. The second kappa shape index (κ2) is 14.3. The molecule has 0 spiro atoms. The van der Waals surface area contributed by atoms with Gasteiger partial charge in [0.2, 0.25) is 41.6 Å². The van der Waals surface area contributed by atoms with Crippen LogP contribution >= 0.6 is 0 Å². The third-order valence-electron chi connectivity index (χ3n) is 5.23. The molecule has 0 aliphatic carbocycles. The van der Waals surface area contributed by atoms with E-state index in [-0.39, 0.29) is 42.1 Å². The number of hydrogen-bond acceptors (Lipinski definition) is 16. The Bertz CT molecular complexity index is 1290. The van der Waals surface area contributed by atoms with E-state index >= 15 is 0 Å². The van der Waals surface area contributed by atoms with Gasteiger partial charge in [-0.25, -0.2) is 9.98 Å². The lowest BCUT2D eigenvalue weighted by molar-refractivity contribution is 0.483. The van der Waals surface area contributed by atoms with Gasteiger partial charge in [-0.1, -0.05) is 6.92 Å². The molecule has 2 aromatic rings. The zero-order valence-electron chi connectivity index (χ0n) is 27.6. The van der Waals surface area contributed by atoms with Crippen LogP contribution in [0.5, 0.6) is 0 Å². The monoisotopic (exact) mass is 614 g/mol. The van der Waals surface area contributed by atoms with Crippen LogP contribution in [0.25, 0.3) is 0 Å². The molecule has 244 valence electrons. The fourth-order valence-corrected chi connectivity index (χ4v) is 3.59. The summed E-state index contributed by atoms with van der Waals surface area (Å²) < 4.78 is 0. The number of nitrogens with two attached hydrogens (primary N) is 1. The summed E-state index contributed by atoms with van der Waals surface area (Å²) in [5.41, 5.74) is 5.30. The molecule has 44 heavy (non-hydrogen) atoms. The zero-order chi connectivity index (χ0) is 32.5. The topological polar surface area (TPSA) is 236 Å². The van der Waals surface area contributed by atoms with Crippen molar-refractivity contribution < 1.29 is 0 Å². The molecule has 0 aromatic carbocycles. The maximum Gasteiger partial charge on any atom is 0.230 e. The van der Waals surface area contributed by atoms with Crippen molar-refractivity contribution >= 4 is 47.6 Å². The molecule has 3 rings (SSSR count). The van der Waals surface area contributed by atoms with Gasteiger partial charge in [-0.2, -0.15) is 29.9 Å². The summed E-state index contributed by atoms with van der Waals surface area (Å²) in [6.45, 7) is 20.8. The summed E-state index contributed by atoms with van der Waals surface area (Å²) in [6.07, 6.45) is 0.523. The third-order valence-corrected chi connectivity index (χ3v) is 5.23. The van der Waals surface area contributed by atoms with Gasteiger partial charge in [-0.15, -0.1) is 0 Å². The molecule has 1 aliphatic rings. The van der Waals surface area contributed by atoms with Gasteiger partial charge < -0.3 is 43.0 Å². The Hall–Kier alpha value is -4.48. The van der Waals surface area contributed by atoms with Gasteiger partial charge >= 0.3 is 0 Å². The van der Waals surface area contributed by atoms with Crippen molar-refractivity contribution in [3.8, 4) is 0 Å². The van der Waals surface area contributed by atoms with Gasteiger partial charge in [0.25, 0.3) is 0 Å². The normalized spacial score (nSPS) is 17.2. The molecule has 1 aliphatic heterocycles. The summed E-state index contributed by atoms with van der Waals surface area (Å²) in [5, 5.41) is 29.1. The van der Waals surface area contributed by atoms with E-state index in [2.05, 4.69) is 87.7 Å². The Morgan fingerprint density at radius 1 is 0.750 bits per heavy atom. The highest BCUT2D eigenvalue weighted by Crippen LogP contribution is 2.16. The number of aromatic nitrogens is 6. The maximum atomic E-state index is 6.21. The first-order valence-corrected chi connectivity index (χ1v) is 14.7. The third kappa shape index (κ3) is 12.8. The van der Waals surface area contributed by atoms with E-state index in [0.717, 1.165) is 6.42 Å². The number of hydrogen-bond donors (Lipinski definition) is 10. The van der Waals surface area contributed by atoms with Gasteiger partial charge in [0.05, 0.1) is 25.0 Å². The molecule has 0 fully saturated rings. The molecule has 4 bridgehead atoms. The molecule has 18 heteroatoms. The smallest absolute Gasteiger partial charge is 0.230 e. The lowest BCUT2D eigenvalue weighted by atomic mass is 10.1. The van der Waals surface area contributed by atoms with E-state index in [1.165, 1.54) is 0 Å². The molecule has 3 heterocycles. The Morgan fingerprint density at radius 3 is 1.68 bits per heavy atom. The van der Waals surface area contributed by atoms with Crippen molar-refractivity contribution in [1.82, 2.24) is 45.9 Å². The van der Waals surface area contributed by atoms with E-state index in [1.807, 2.05) is 69.2 Å². The van der Waals surface area contributed by atoms with E-state index in [9.17, 15) is 0 Å². The van der Waals surface area contributed by atoms with E-state index in [4.69, 9.17) is 5.73 Å². The quantitative estimate of drug-likeness (QED) is 0.175. The van der Waals surface area contributed by atoms with Crippen molar-refractivity contribution in [1.29, 1.82) is 0 Å². The highest BCUT2D eigenvalue weighted by molar-refractivity contribution is 5.98. The number of anilines is 6. The summed E-state index contributed by atoms with van der Waals surface area (Å²) in [6, 6.07) is 0. The van der Waals surface area contributed by atoms with Crippen LogP contribution in [0.2, 0.25) is 0 Å². The fraction of sp³-hybridized carbons (Fsp3) is 0.692. The minimum absolute atomic E-state index is 0.134. The predicted molar refractivity (Wildman–Crippen MR) is 178 cm³/mol. The Morgan fingerprint density at radius 2 is 1.23 bits per heavy atom. The number of nitrogens with zero attached hydrogens (tertiary/aromatic N) is 8. The van der Waals surface area contributed by atoms with Crippen molar-refractivity contribution in [3.05, 3.63) is 0 Å². The van der Waals surface area contributed by atoms with Crippen LogP contribution in [-0.2, 0) is 0 Å². The largest absolute Gasteiger partial charge is 0.370 e. The Kier molecular flexibility index (Phi) is 11.1. The number of aliphatic imine (C=N–C) groups is 2. The molecule has 0 radical (unpaired) electrons. The van der Waals surface area contributed by atoms with Crippen molar-refractivity contribution in [2.45, 2.75) is 98.4 Å².